The number of fused-ring (bicyclic) bond motifs is 1. The number of nitrogens with one attached hydrogen (secondary N) is 1. The summed E-state index contributed by atoms with van der Waals surface area (Å²) in [5.74, 6) is -1.91. The van der Waals surface area contributed by atoms with Crippen molar-refractivity contribution >= 4 is 22.2 Å². The zero-order valence-electron chi connectivity index (χ0n) is 15.6. The molecule has 0 saturated heterocycles. The van der Waals surface area contributed by atoms with Gasteiger partial charge in [-0.2, -0.15) is 18.4 Å². The van der Waals surface area contributed by atoms with E-state index in [4.69, 9.17) is 0 Å². The Bertz CT molecular complexity index is 716. The molecule has 3 nitrogen and oxygen atoms in total. The maximum atomic E-state index is 12.6. The second kappa shape index (κ2) is 7.59. The van der Waals surface area contributed by atoms with Crippen LogP contribution in [0.15, 0.2) is 0 Å². The van der Waals surface area contributed by atoms with E-state index >= 15 is 0 Å². The smallest absolute Gasteiger partial charge is 0.317 e. The summed E-state index contributed by atoms with van der Waals surface area (Å²) >= 11 is 1.34. The topological polar surface area (TPSA) is 52.9 Å². The summed E-state index contributed by atoms with van der Waals surface area (Å²) in [6, 6.07) is 2.13. The molecule has 1 aliphatic carbocycles. The average Bonchev–Trinajstić information content (AvgIpc) is 2.89. The SMILES string of the molecule is CCC(C)(C)C1CCc2c(sc(NC(=O)CC(C)C(F)(F)F)c2C#N)C1. The predicted molar refractivity (Wildman–Crippen MR) is 97.1 cm³/mol. The number of halogens is 3. The molecule has 0 fully saturated rings. The Hall–Kier alpha value is -1.55. The van der Waals surface area contributed by atoms with E-state index in [9.17, 15) is 23.2 Å². The van der Waals surface area contributed by atoms with Gasteiger partial charge >= 0.3 is 6.18 Å². The fourth-order valence-corrected chi connectivity index (χ4v) is 4.61. The van der Waals surface area contributed by atoms with Gasteiger partial charge in [-0.15, -0.1) is 11.3 Å². The molecule has 1 aliphatic rings. The highest BCUT2D eigenvalue weighted by molar-refractivity contribution is 7.16. The van der Waals surface area contributed by atoms with Crippen molar-refractivity contribution in [1.29, 1.82) is 5.26 Å². The van der Waals surface area contributed by atoms with Crippen molar-refractivity contribution < 1.29 is 18.0 Å². The lowest BCUT2D eigenvalue weighted by molar-refractivity contribution is -0.173. The monoisotopic (exact) mass is 386 g/mol. The number of nitriles is 1. The van der Waals surface area contributed by atoms with Crippen molar-refractivity contribution in [3.63, 3.8) is 0 Å². The summed E-state index contributed by atoms with van der Waals surface area (Å²) in [6.45, 7) is 7.63. The summed E-state index contributed by atoms with van der Waals surface area (Å²) in [7, 11) is 0. The molecule has 26 heavy (non-hydrogen) atoms. The molecule has 2 unspecified atom stereocenters. The molecule has 1 amide bonds. The van der Waals surface area contributed by atoms with Crippen LogP contribution in [0.2, 0.25) is 0 Å². The number of nitrogens with zero attached hydrogens (tertiary/aromatic N) is 1. The van der Waals surface area contributed by atoms with Crippen molar-refractivity contribution in [1.82, 2.24) is 0 Å². The first-order chi connectivity index (χ1) is 12.0. The number of alkyl halides is 3. The predicted octanol–water partition coefficient (Wildman–Crippen LogP) is 5.69. The van der Waals surface area contributed by atoms with Crippen molar-refractivity contribution in [2.24, 2.45) is 17.3 Å². The molecule has 0 spiro atoms. The van der Waals surface area contributed by atoms with E-state index in [-0.39, 0.29) is 5.41 Å². The second-order valence-corrected chi connectivity index (χ2v) is 8.90. The number of amides is 1. The summed E-state index contributed by atoms with van der Waals surface area (Å²) in [5.41, 5.74) is 1.57. The minimum atomic E-state index is -4.40. The molecule has 7 heteroatoms. The molecule has 0 saturated carbocycles. The Kier molecular flexibility index (Phi) is 6.06. The lowest BCUT2D eigenvalue weighted by Gasteiger charge is -2.36. The van der Waals surface area contributed by atoms with E-state index in [1.165, 1.54) is 11.3 Å². The maximum absolute atomic E-state index is 12.6. The van der Waals surface area contributed by atoms with Crippen LogP contribution >= 0.6 is 11.3 Å². The van der Waals surface area contributed by atoms with E-state index in [1.807, 2.05) is 0 Å². The average molecular weight is 386 g/mol. The molecule has 144 valence electrons. The zero-order valence-corrected chi connectivity index (χ0v) is 16.4. The van der Waals surface area contributed by atoms with Gasteiger partial charge in [0.05, 0.1) is 11.5 Å². The zero-order chi connectivity index (χ0) is 19.7. The van der Waals surface area contributed by atoms with Gasteiger partial charge in [0.15, 0.2) is 0 Å². The summed E-state index contributed by atoms with van der Waals surface area (Å²) in [5, 5.41) is 12.4. The Labute approximate surface area is 156 Å². The molecule has 1 aromatic heterocycles. The number of thiophene rings is 1. The quantitative estimate of drug-likeness (QED) is 0.707. The Balaban J connectivity index is 2.18. The van der Waals surface area contributed by atoms with E-state index in [2.05, 4.69) is 32.2 Å². The highest BCUT2D eigenvalue weighted by atomic mass is 32.1. The van der Waals surface area contributed by atoms with Crippen molar-refractivity contribution in [3.8, 4) is 6.07 Å². The molecule has 0 radical (unpaired) electrons. The van der Waals surface area contributed by atoms with Crippen molar-refractivity contribution in [3.05, 3.63) is 16.0 Å². The van der Waals surface area contributed by atoms with Crippen LogP contribution in [0, 0.1) is 28.6 Å². The minimum absolute atomic E-state index is 0.194. The summed E-state index contributed by atoms with van der Waals surface area (Å²) in [4.78, 5) is 13.1. The second-order valence-electron chi connectivity index (χ2n) is 7.80. The highest BCUT2D eigenvalue weighted by Crippen LogP contribution is 2.45. The number of carbonyl (C=O) groups is 1. The molecule has 1 heterocycles. The molecular formula is C19H25F3N2OS. The molecule has 0 aromatic carbocycles. The summed E-state index contributed by atoms with van der Waals surface area (Å²) in [6.07, 6.45) is -1.37. The molecule has 0 bridgehead atoms. The summed E-state index contributed by atoms with van der Waals surface area (Å²) < 4.78 is 37.9. The number of hydrogen-bond acceptors (Lipinski definition) is 3. The minimum Gasteiger partial charge on any atom is -0.317 e. The molecule has 2 atom stereocenters. The highest BCUT2D eigenvalue weighted by Gasteiger charge is 2.38. The van der Waals surface area contributed by atoms with Crippen LogP contribution in [0.4, 0.5) is 18.2 Å². The van der Waals surface area contributed by atoms with E-state index in [1.54, 1.807) is 0 Å². The van der Waals surface area contributed by atoms with E-state index < -0.39 is 24.4 Å². The van der Waals surface area contributed by atoms with Crippen molar-refractivity contribution in [2.75, 3.05) is 5.32 Å². The van der Waals surface area contributed by atoms with Gasteiger partial charge in [0.1, 0.15) is 11.1 Å². The number of hydrogen-bond donors (Lipinski definition) is 1. The number of anilines is 1. The van der Waals surface area contributed by atoms with Gasteiger partial charge < -0.3 is 5.32 Å². The fourth-order valence-electron chi connectivity index (χ4n) is 3.32. The van der Waals surface area contributed by atoms with Crippen LogP contribution in [-0.2, 0) is 17.6 Å². The Morgan fingerprint density at radius 3 is 2.62 bits per heavy atom. The normalized spacial score (nSPS) is 18.8. The van der Waals surface area contributed by atoms with Crippen molar-refractivity contribution in [2.45, 2.75) is 66.0 Å². The van der Waals surface area contributed by atoms with Gasteiger partial charge in [0.2, 0.25) is 5.91 Å². The molecule has 0 aliphatic heterocycles. The third-order valence-corrected chi connectivity index (χ3v) is 6.87. The number of rotatable bonds is 5. The molecule has 1 aromatic rings. The van der Waals surface area contributed by atoms with Crippen LogP contribution in [0.25, 0.3) is 0 Å². The van der Waals surface area contributed by atoms with Crippen LogP contribution in [-0.4, -0.2) is 12.1 Å². The van der Waals surface area contributed by atoms with E-state index in [0.717, 1.165) is 43.0 Å². The van der Waals surface area contributed by atoms with E-state index in [0.29, 0.717) is 16.5 Å². The van der Waals surface area contributed by atoms with Crippen LogP contribution in [0.3, 0.4) is 0 Å². The Morgan fingerprint density at radius 1 is 1.42 bits per heavy atom. The van der Waals surface area contributed by atoms with Gasteiger partial charge in [-0.3, -0.25) is 4.79 Å². The third-order valence-electron chi connectivity index (χ3n) is 5.70. The van der Waals surface area contributed by atoms with Crippen LogP contribution < -0.4 is 5.32 Å². The van der Waals surface area contributed by atoms with Gasteiger partial charge in [0.25, 0.3) is 0 Å². The van der Waals surface area contributed by atoms with Crippen LogP contribution in [0.1, 0.15) is 63.0 Å². The Morgan fingerprint density at radius 2 is 2.08 bits per heavy atom. The fraction of sp³-hybridized carbons (Fsp3) is 0.684. The standard InChI is InChI=1S/C19H25F3N2OS/c1-5-18(3,4)12-6-7-13-14(10-23)17(26-15(13)9-12)24-16(25)8-11(2)19(20,21)22/h11-12H,5-9H2,1-4H3,(H,24,25). The first kappa shape index (κ1) is 20.8. The van der Waals surface area contributed by atoms with Gasteiger partial charge in [-0.05, 0) is 36.2 Å². The van der Waals surface area contributed by atoms with Gasteiger partial charge in [-0.25, -0.2) is 0 Å². The lowest BCUT2D eigenvalue weighted by Crippen LogP contribution is -2.28. The first-order valence-electron chi connectivity index (χ1n) is 8.90. The van der Waals surface area contributed by atoms with Gasteiger partial charge in [-0.1, -0.05) is 34.1 Å². The molecular weight excluding hydrogens is 361 g/mol. The molecule has 1 N–H and O–H groups in total. The largest absolute Gasteiger partial charge is 0.392 e. The van der Waals surface area contributed by atoms with Crippen LogP contribution in [0.5, 0.6) is 0 Å². The molecule has 2 rings (SSSR count). The first-order valence-corrected chi connectivity index (χ1v) is 9.72. The maximum Gasteiger partial charge on any atom is 0.392 e. The number of carbonyl (C=O) groups excluding carboxylic acids is 1. The third kappa shape index (κ3) is 4.40. The van der Waals surface area contributed by atoms with Gasteiger partial charge in [0, 0.05) is 11.3 Å². The lowest BCUT2D eigenvalue weighted by atomic mass is 9.69.